The Morgan fingerprint density at radius 2 is 1.41 bits per heavy atom. The summed E-state index contributed by atoms with van der Waals surface area (Å²) in [4.78, 5) is 31.9. The van der Waals surface area contributed by atoms with Gasteiger partial charge >= 0.3 is 0 Å². The van der Waals surface area contributed by atoms with Crippen molar-refractivity contribution in [2.45, 2.75) is 5.92 Å². The van der Waals surface area contributed by atoms with E-state index in [9.17, 15) is 19.7 Å². The number of non-ortho nitro benzene ring substituents is 1. The second-order valence-corrected chi connectivity index (χ2v) is 6.18. The number of nitro benzene ring substituents is 1. The van der Waals surface area contributed by atoms with Crippen LogP contribution in [0.5, 0.6) is 11.5 Å². The molecule has 4 N–H and O–H groups in total. The van der Waals surface area contributed by atoms with Crippen molar-refractivity contribution in [2.75, 3.05) is 0 Å². The molecule has 3 aromatic rings. The first-order valence-electron chi connectivity index (χ1n) is 8.57. The summed E-state index contributed by atoms with van der Waals surface area (Å²) < 4.78 is 5.75. The molecule has 0 fully saturated rings. The van der Waals surface area contributed by atoms with Crippen molar-refractivity contribution >= 4 is 17.5 Å². The maximum Gasteiger partial charge on any atom is 0.270 e. The highest BCUT2D eigenvalue weighted by Crippen LogP contribution is 2.43. The Kier molecular flexibility index (Phi) is 5.54. The summed E-state index contributed by atoms with van der Waals surface area (Å²) in [7, 11) is 0. The van der Waals surface area contributed by atoms with E-state index in [0.717, 1.165) is 17.2 Å². The zero-order valence-corrected chi connectivity index (χ0v) is 15.1. The molecule has 1 aliphatic rings. The number of hydrogen-bond acceptors (Lipinski definition) is 5. The second-order valence-electron chi connectivity index (χ2n) is 6.18. The van der Waals surface area contributed by atoms with Crippen LogP contribution in [0, 0.1) is 10.1 Å². The second kappa shape index (κ2) is 8.22. The molecule has 1 aliphatic heterocycles. The van der Waals surface area contributed by atoms with Crippen LogP contribution in [0.3, 0.4) is 0 Å². The van der Waals surface area contributed by atoms with Gasteiger partial charge in [0.1, 0.15) is 11.5 Å². The van der Waals surface area contributed by atoms with E-state index in [2.05, 4.69) is 0 Å². The smallest absolute Gasteiger partial charge is 0.270 e. The molecule has 0 bridgehead atoms. The highest BCUT2D eigenvalue weighted by atomic mass is 16.6. The van der Waals surface area contributed by atoms with Gasteiger partial charge in [0.15, 0.2) is 0 Å². The number of carbonyl (C=O) groups excluding carboxylic acids is 2. The van der Waals surface area contributed by atoms with Gasteiger partial charge < -0.3 is 16.2 Å². The lowest BCUT2D eigenvalue weighted by Gasteiger charge is -2.25. The average molecular weight is 391 g/mol. The van der Waals surface area contributed by atoms with Crippen LogP contribution < -0.4 is 16.2 Å². The molecule has 29 heavy (non-hydrogen) atoms. The van der Waals surface area contributed by atoms with Crippen molar-refractivity contribution in [3.8, 4) is 11.5 Å². The van der Waals surface area contributed by atoms with Gasteiger partial charge in [-0.05, 0) is 18.2 Å². The quantitative estimate of drug-likeness (QED) is 0.522. The van der Waals surface area contributed by atoms with Gasteiger partial charge in [0, 0.05) is 28.8 Å². The van der Waals surface area contributed by atoms with Crippen LogP contribution in [0.2, 0.25) is 0 Å². The summed E-state index contributed by atoms with van der Waals surface area (Å²) >= 11 is 0. The van der Waals surface area contributed by atoms with Crippen molar-refractivity contribution in [3.63, 3.8) is 0 Å². The molecule has 0 unspecified atom stereocenters. The number of fused-ring (bicyclic) bond motifs is 2. The van der Waals surface area contributed by atoms with Gasteiger partial charge in [-0.2, -0.15) is 0 Å². The van der Waals surface area contributed by atoms with Crippen LogP contribution >= 0.6 is 0 Å². The molecular formula is C21H17N3O5. The van der Waals surface area contributed by atoms with Crippen molar-refractivity contribution < 1.29 is 19.2 Å². The van der Waals surface area contributed by atoms with E-state index in [0.29, 0.717) is 11.5 Å². The molecular weight excluding hydrogens is 374 g/mol. The molecule has 0 saturated heterocycles. The number of benzene rings is 3. The molecule has 0 spiro atoms. The molecule has 0 radical (unpaired) electrons. The molecule has 4 rings (SSSR count). The molecule has 8 heteroatoms. The van der Waals surface area contributed by atoms with Gasteiger partial charge in [0.2, 0.25) is 11.8 Å². The first-order valence-corrected chi connectivity index (χ1v) is 8.57. The van der Waals surface area contributed by atoms with Crippen LogP contribution in [-0.4, -0.2) is 16.7 Å². The Balaban J connectivity index is 0.000000177. The predicted molar refractivity (Wildman–Crippen MR) is 106 cm³/mol. The Bertz CT molecular complexity index is 1020. The Hall–Kier alpha value is -4.20. The number of nitrogens with two attached hydrogens (primary N) is 2. The fourth-order valence-corrected chi connectivity index (χ4v) is 2.99. The van der Waals surface area contributed by atoms with E-state index < -0.39 is 16.7 Å². The minimum absolute atomic E-state index is 0.133. The maximum absolute atomic E-state index is 11.6. The van der Waals surface area contributed by atoms with Crippen LogP contribution in [0.1, 0.15) is 27.4 Å². The molecule has 1 heterocycles. The Morgan fingerprint density at radius 1 is 0.862 bits per heavy atom. The van der Waals surface area contributed by atoms with E-state index in [-0.39, 0.29) is 17.2 Å². The fraction of sp³-hybridized carbons (Fsp3) is 0.0476. The molecule has 0 aromatic heterocycles. The van der Waals surface area contributed by atoms with E-state index in [4.69, 9.17) is 16.2 Å². The minimum atomic E-state index is -0.668. The fourth-order valence-electron chi connectivity index (χ4n) is 2.99. The van der Waals surface area contributed by atoms with Crippen molar-refractivity contribution in [2.24, 2.45) is 11.5 Å². The van der Waals surface area contributed by atoms with E-state index in [1.165, 1.54) is 18.2 Å². The maximum atomic E-state index is 11.6. The van der Waals surface area contributed by atoms with Crippen LogP contribution in [0.4, 0.5) is 5.69 Å². The predicted octanol–water partition coefficient (Wildman–Crippen LogP) is 3.10. The molecule has 0 saturated carbocycles. The number of carbonyl (C=O) groups is 2. The lowest BCUT2D eigenvalue weighted by molar-refractivity contribution is -0.384. The van der Waals surface area contributed by atoms with Crippen molar-refractivity contribution in [1.29, 1.82) is 0 Å². The van der Waals surface area contributed by atoms with Crippen LogP contribution in [-0.2, 0) is 4.79 Å². The monoisotopic (exact) mass is 391 g/mol. The van der Waals surface area contributed by atoms with Gasteiger partial charge in [-0.25, -0.2) is 0 Å². The third-order valence-corrected chi connectivity index (χ3v) is 4.31. The zero-order valence-electron chi connectivity index (χ0n) is 15.1. The molecule has 0 aliphatic carbocycles. The third-order valence-electron chi connectivity index (χ3n) is 4.31. The number of amides is 2. The normalized spacial score (nSPS) is 11.7. The third kappa shape index (κ3) is 4.22. The summed E-state index contributed by atoms with van der Waals surface area (Å²) in [5.41, 5.74) is 12.1. The van der Waals surface area contributed by atoms with E-state index in [1.807, 2.05) is 48.5 Å². The van der Waals surface area contributed by atoms with E-state index >= 15 is 0 Å². The standard InChI is InChI=1S/C14H11NO2.C7H6N2O3/c15-14(16)13-9-5-1-3-7-11(9)17-12-8-4-2-6-10(12)13;8-7(10)5-2-1-3-6(4-5)9(11)12/h1-8,13H,(H2,15,16);1-4H,(H2,8,10). The van der Waals surface area contributed by atoms with Gasteiger partial charge in [-0.3, -0.25) is 19.7 Å². The average Bonchev–Trinajstić information content (AvgIpc) is 2.72. The highest BCUT2D eigenvalue weighted by Gasteiger charge is 2.30. The number of nitro groups is 1. The van der Waals surface area contributed by atoms with Crippen molar-refractivity contribution in [3.05, 3.63) is 99.6 Å². The zero-order chi connectivity index (χ0) is 21.0. The van der Waals surface area contributed by atoms with Gasteiger partial charge in [0.25, 0.3) is 5.69 Å². The Morgan fingerprint density at radius 3 is 1.90 bits per heavy atom. The number of rotatable bonds is 3. The first-order chi connectivity index (χ1) is 13.9. The molecule has 8 nitrogen and oxygen atoms in total. The van der Waals surface area contributed by atoms with Crippen molar-refractivity contribution in [1.82, 2.24) is 0 Å². The SMILES string of the molecule is NC(=O)C1c2ccccc2Oc2ccccc21.NC(=O)c1cccc([N+](=O)[O-])c1. The summed E-state index contributed by atoms with van der Waals surface area (Å²) in [6.07, 6.45) is 0. The lowest BCUT2D eigenvalue weighted by atomic mass is 9.87. The van der Waals surface area contributed by atoms with Gasteiger partial charge in [-0.1, -0.05) is 42.5 Å². The van der Waals surface area contributed by atoms with Gasteiger partial charge in [0.05, 0.1) is 10.8 Å². The summed E-state index contributed by atoms with van der Waals surface area (Å²) in [6.45, 7) is 0. The summed E-state index contributed by atoms with van der Waals surface area (Å²) in [6, 6.07) is 20.2. The minimum Gasteiger partial charge on any atom is -0.457 e. The number of primary amides is 2. The molecule has 146 valence electrons. The highest BCUT2D eigenvalue weighted by molar-refractivity contribution is 5.93. The van der Waals surface area contributed by atoms with Gasteiger partial charge in [-0.15, -0.1) is 0 Å². The summed E-state index contributed by atoms with van der Waals surface area (Å²) in [5.74, 6) is -0.0342. The van der Waals surface area contributed by atoms with Crippen LogP contribution in [0.25, 0.3) is 0 Å². The number of ether oxygens (including phenoxy) is 1. The van der Waals surface area contributed by atoms with E-state index in [1.54, 1.807) is 0 Å². The topological polar surface area (TPSA) is 139 Å². The van der Waals surface area contributed by atoms with Crippen LogP contribution in [0.15, 0.2) is 72.8 Å². The molecule has 3 aromatic carbocycles. The lowest BCUT2D eigenvalue weighted by Crippen LogP contribution is -2.25. The number of hydrogen-bond donors (Lipinski definition) is 2. The largest absolute Gasteiger partial charge is 0.457 e. The number of para-hydroxylation sites is 2. The molecule has 2 amide bonds. The number of nitrogens with zero attached hydrogens (tertiary/aromatic N) is 1. The first kappa shape index (κ1) is 19.6. The summed E-state index contributed by atoms with van der Waals surface area (Å²) in [5, 5.41) is 10.2. The Labute approximate surface area is 165 Å². The molecule has 0 atom stereocenters.